The van der Waals surface area contributed by atoms with Crippen molar-refractivity contribution in [2.75, 3.05) is 6.67 Å². The monoisotopic (exact) mass is 218 g/mol. The summed E-state index contributed by atoms with van der Waals surface area (Å²) >= 11 is 0. The molecule has 0 amide bonds. The average molecular weight is 218 g/mol. The van der Waals surface area contributed by atoms with Crippen LogP contribution in [0.2, 0.25) is 0 Å². The second-order valence-electron chi connectivity index (χ2n) is 2.85. The van der Waals surface area contributed by atoms with Gasteiger partial charge in [0.1, 0.15) is 12.0 Å². The van der Waals surface area contributed by atoms with E-state index in [1.807, 2.05) is 0 Å². The van der Waals surface area contributed by atoms with Crippen LogP contribution in [0.5, 0.6) is 5.75 Å². The van der Waals surface area contributed by atoms with Gasteiger partial charge in [-0.15, -0.1) is 0 Å². The SMILES string of the molecule is O=CCc1ccccc1OC(F)(F)CF. The minimum atomic E-state index is -3.85. The van der Waals surface area contributed by atoms with Gasteiger partial charge < -0.3 is 9.53 Å². The van der Waals surface area contributed by atoms with Gasteiger partial charge >= 0.3 is 6.11 Å². The first-order valence-corrected chi connectivity index (χ1v) is 4.23. The van der Waals surface area contributed by atoms with Gasteiger partial charge in [0.25, 0.3) is 0 Å². The van der Waals surface area contributed by atoms with E-state index in [1.165, 1.54) is 18.2 Å². The molecule has 0 heterocycles. The second kappa shape index (κ2) is 4.82. The van der Waals surface area contributed by atoms with Crippen molar-refractivity contribution in [3.05, 3.63) is 29.8 Å². The molecule has 82 valence electrons. The third-order valence-electron chi connectivity index (χ3n) is 1.69. The average Bonchev–Trinajstić information content (AvgIpc) is 2.21. The number of halogens is 3. The van der Waals surface area contributed by atoms with Gasteiger partial charge in [-0.05, 0) is 6.07 Å². The Hall–Kier alpha value is -1.52. The highest BCUT2D eigenvalue weighted by Gasteiger charge is 2.32. The minimum Gasteiger partial charge on any atom is -0.430 e. The molecule has 0 saturated heterocycles. The molecule has 0 aromatic heterocycles. The Morgan fingerprint density at radius 3 is 2.60 bits per heavy atom. The first-order chi connectivity index (χ1) is 7.09. The smallest absolute Gasteiger partial charge is 0.427 e. The molecule has 2 nitrogen and oxygen atoms in total. The summed E-state index contributed by atoms with van der Waals surface area (Å²) in [7, 11) is 0. The number of rotatable bonds is 5. The van der Waals surface area contributed by atoms with Gasteiger partial charge in [-0.2, -0.15) is 8.78 Å². The fourth-order valence-electron chi connectivity index (χ4n) is 1.05. The molecule has 0 atom stereocenters. The van der Waals surface area contributed by atoms with Gasteiger partial charge in [-0.25, -0.2) is 4.39 Å². The van der Waals surface area contributed by atoms with Gasteiger partial charge in [-0.3, -0.25) is 0 Å². The van der Waals surface area contributed by atoms with E-state index < -0.39 is 12.8 Å². The quantitative estimate of drug-likeness (QED) is 0.709. The molecule has 0 bridgehead atoms. The molecule has 1 aromatic carbocycles. The fourth-order valence-corrected chi connectivity index (χ4v) is 1.05. The van der Waals surface area contributed by atoms with Gasteiger partial charge in [-0.1, -0.05) is 18.2 Å². The summed E-state index contributed by atoms with van der Waals surface area (Å²) in [6, 6.07) is 5.79. The normalized spacial score (nSPS) is 11.1. The van der Waals surface area contributed by atoms with Crippen LogP contribution in [0.15, 0.2) is 24.3 Å². The van der Waals surface area contributed by atoms with Crippen LogP contribution in [0, 0.1) is 0 Å². The van der Waals surface area contributed by atoms with Crippen molar-refractivity contribution in [3.8, 4) is 5.75 Å². The lowest BCUT2D eigenvalue weighted by molar-refractivity contribution is -0.186. The summed E-state index contributed by atoms with van der Waals surface area (Å²) in [6.07, 6.45) is -3.33. The van der Waals surface area contributed by atoms with Crippen LogP contribution < -0.4 is 4.74 Å². The lowest BCUT2D eigenvalue weighted by atomic mass is 10.1. The standard InChI is InChI=1S/C10H9F3O2/c11-7-10(12,13)15-9-4-2-1-3-8(9)5-6-14/h1-4,6H,5,7H2. The van der Waals surface area contributed by atoms with E-state index in [2.05, 4.69) is 4.74 Å². The van der Waals surface area contributed by atoms with Gasteiger partial charge in [0, 0.05) is 12.0 Å². The first-order valence-electron chi connectivity index (χ1n) is 4.23. The lowest BCUT2D eigenvalue weighted by Gasteiger charge is -2.16. The van der Waals surface area contributed by atoms with Crippen molar-refractivity contribution < 1.29 is 22.7 Å². The lowest BCUT2D eigenvalue weighted by Crippen LogP contribution is -2.27. The third-order valence-corrected chi connectivity index (χ3v) is 1.69. The number of carbonyl (C=O) groups is 1. The number of para-hydroxylation sites is 1. The zero-order chi connectivity index (χ0) is 11.3. The van der Waals surface area contributed by atoms with Crippen LogP contribution in [-0.4, -0.2) is 19.1 Å². The number of ether oxygens (including phenoxy) is 1. The first kappa shape index (κ1) is 11.6. The molecule has 1 rings (SSSR count). The van der Waals surface area contributed by atoms with Gasteiger partial charge in [0.2, 0.25) is 0 Å². The summed E-state index contributed by atoms with van der Waals surface area (Å²) in [4.78, 5) is 10.2. The van der Waals surface area contributed by atoms with Crippen molar-refractivity contribution in [2.45, 2.75) is 12.5 Å². The molecule has 5 heteroatoms. The zero-order valence-electron chi connectivity index (χ0n) is 7.75. The molecule has 0 N–H and O–H groups in total. The minimum absolute atomic E-state index is 0.0431. The van der Waals surface area contributed by atoms with Crippen molar-refractivity contribution >= 4 is 6.29 Å². The Morgan fingerprint density at radius 2 is 2.00 bits per heavy atom. The van der Waals surface area contributed by atoms with E-state index in [1.54, 1.807) is 6.07 Å². The predicted octanol–water partition coefficient (Wildman–Crippen LogP) is 2.37. The summed E-state index contributed by atoms with van der Waals surface area (Å²) in [5.74, 6) is -0.174. The number of hydrogen-bond donors (Lipinski definition) is 0. The number of hydrogen-bond acceptors (Lipinski definition) is 2. The van der Waals surface area contributed by atoms with E-state index >= 15 is 0 Å². The molecule has 0 fully saturated rings. The Balaban J connectivity index is 2.88. The Kier molecular flexibility index (Phi) is 3.71. The number of alkyl halides is 3. The Bertz CT molecular complexity index is 339. The molecule has 0 saturated carbocycles. The van der Waals surface area contributed by atoms with Crippen molar-refractivity contribution in [1.29, 1.82) is 0 Å². The molecule has 0 spiro atoms. The highest BCUT2D eigenvalue weighted by molar-refractivity contribution is 5.57. The van der Waals surface area contributed by atoms with E-state index in [9.17, 15) is 18.0 Å². The predicted molar refractivity (Wildman–Crippen MR) is 47.8 cm³/mol. The second-order valence-corrected chi connectivity index (χ2v) is 2.85. The number of aldehydes is 1. The Labute approximate surface area is 84.7 Å². The topological polar surface area (TPSA) is 26.3 Å². The van der Waals surface area contributed by atoms with Crippen LogP contribution in [0.25, 0.3) is 0 Å². The molecule has 0 aliphatic rings. The van der Waals surface area contributed by atoms with Crippen LogP contribution in [0.1, 0.15) is 5.56 Å². The molecule has 0 unspecified atom stereocenters. The number of carbonyl (C=O) groups excluding carboxylic acids is 1. The molecule has 1 aromatic rings. The van der Waals surface area contributed by atoms with Crippen molar-refractivity contribution in [2.24, 2.45) is 0 Å². The van der Waals surface area contributed by atoms with Crippen LogP contribution >= 0.6 is 0 Å². The maximum Gasteiger partial charge on any atom is 0.427 e. The highest BCUT2D eigenvalue weighted by Crippen LogP contribution is 2.25. The summed E-state index contributed by atoms with van der Waals surface area (Å²) in [5.41, 5.74) is 0.306. The Morgan fingerprint density at radius 1 is 1.33 bits per heavy atom. The molecule has 0 aliphatic heterocycles. The summed E-state index contributed by atoms with van der Waals surface area (Å²) in [5, 5.41) is 0. The van der Waals surface area contributed by atoms with E-state index in [0.717, 1.165) is 0 Å². The van der Waals surface area contributed by atoms with Crippen LogP contribution in [0.4, 0.5) is 13.2 Å². The fraction of sp³-hybridized carbons (Fsp3) is 0.300. The van der Waals surface area contributed by atoms with E-state index in [-0.39, 0.29) is 12.2 Å². The van der Waals surface area contributed by atoms with Gasteiger partial charge in [0.15, 0.2) is 6.67 Å². The van der Waals surface area contributed by atoms with Crippen LogP contribution in [0.3, 0.4) is 0 Å². The van der Waals surface area contributed by atoms with Gasteiger partial charge in [0.05, 0.1) is 0 Å². The van der Waals surface area contributed by atoms with Crippen molar-refractivity contribution in [3.63, 3.8) is 0 Å². The highest BCUT2D eigenvalue weighted by atomic mass is 19.3. The maximum absolute atomic E-state index is 12.6. The van der Waals surface area contributed by atoms with Crippen LogP contribution in [-0.2, 0) is 11.2 Å². The number of benzene rings is 1. The summed E-state index contributed by atoms with van der Waals surface area (Å²) in [6.45, 7) is -1.90. The third kappa shape index (κ3) is 3.27. The molecular formula is C10H9F3O2. The maximum atomic E-state index is 12.6. The zero-order valence-corrected chi connectivity index (χ0v) is 7.75. The largest absolute Gasteiger partial charge is 0.430 e. The molecule has 0 aliphatic carbocycles. The molecular weight excluding hydrogens is 209 g/mol. The van der Waals surface area contributed by atoms with E-state index in [4.69, 9.17) is 0 Å². The van der Waals surface area contributed by atoms with E-state index in [0.29, 0.717) is 11.8 Å². The van der Waals surface area contributed by atoms with Crippen molar-refractivity contribution in [1.82, 2.24) is 0 Å². The summed E-state index contributed by atoms with van der Waals surface area (Å²) < 4.78 is 41.1. The molecule has 15 heavy (non-hydrogen) atoms. The molecule has 0 radical (unpaired) electrons.